The number of fused-ring (bicyclic) bond motifs is 1. The number of aromatic nitrogens is 1. The number of alkyl halides is 3. The Morgan fingerprint density at radius 3 is 2.32 bits per heavy atom. The second kappa shape index (κ2) is 7.98. The summed E-state index contributed by atoms with van der Waals surface area (Å²) in [5.74, 6) is -0.0636. The van der Waals surface area contributed by atoms with Crippen LogP contribution in [0.4, 0.5) is 18.0 Å². The molecule has 0 unspecified atom stereocenters. The van der Waals surface area contributed by atoms with Gasteiger partial charge in [-0.25, -0.2) is 4.79 Å². The summed E-state index contributed by atoms with van der Waals surface area (Å²) >= 11 is 0. The van der Waals surface area contributed by atoms with Gasteiger partial charge in [0, 0.05) is 30.7 Å². The summed E-state index contributed by atoms with van der Waals surface area (Å²) in [7, 11) is 0. The van der Waals surface area contributed by atoms with Crippen molar-refractivity contribution >= 4 is 12.0 Å². The molecule has 1 aliphatic carbocycles. The van der Waals surface area contributed by atoms with Gasteiger partial charge in [0.25, 0.3) is 0 Å². The molecule has 1 N–H and O–H groups in total. The first-order valence-electron chi connectivity index (χ1n) is 10.5. The average Bonchev–Trinajstić information content (AvgIpc) is 3.12. The van der Waals surface area contributed by atoms with Gasteiger partial charge >= 0.3 is 12.3 Å². The topological polar surface area (TPSA) is 71.5 Å². The maximum absolute atomic E-state index is 13.2. The van der Waals surface area contributed by atoms with Gasteiger partial charge < -0.3 is 15.0 Å². The molecule has 1 aromatic rings. The van der Waals surface area contributed by atoms with Crippen LogP contribution in [0.2, 0.25) is 0 Å². The lowest BCUT2D eigenvalue weighted by Crippen LogP contribution is -2.46. The fourth-order valence-electron chi connectivity index (χ4n) is 4.20. The third-order valence-corrected chi connectivity index (χ3v) is 5.79. The number of likely N-dealkylation sites (tertiary alicyclic amines) is 1. The van der Waals surface area contributed by atoms with E-state index in [1.54, 1.807) is 18.7 Å². The van der Waals surface area contributed by atoms with Crippen LogP contribution in [0, 0.1) is 17.8 Å². The molecule has 0 radical (unpaired) electrons. The third kappa shape index (κ3) is 5.68. The van der Waals surface area contributed by atoms with Crippen LogP contribution in [0.3, 0.4) is 0 Å². The van der Waals surface area contributed by atoms with Crippen molar-refractivity contribution in [3.63, 3.8) is 0 Å². The van der Waals surface area contributed by atoms with Crippen molar-refractivity contribution in [2.75, 3.05) is 13.1 Å². The minimum absolute atomic E-state index is 0.0198. The maximum atomic E-state index is 13.2. The van der Waals surface area contributed by atoms with E-state index in [1.807, 2.05) is 20.8 Å². The second-order valence-corrected chi connectivity index (χ2v) is 10.1. The first-order valence-corrected chi connectivity index (χ1v) is 10.5. The molecular formula is C22H30F3N3O3. The molecule has 2 heterocycles. The highest BCUT2D eigenvalue weighted by molar-refractivity contribution is 5.84. The summed E-state index contributed by atoms with van der Waals surface area (Å²) in [5, 5.41) is 2.97. The number of pyridine rings is 1. The number of hydrogen-bond acceptors (Lipinski definition) is 4. The number of piperidine rings is 1. The lowest BCUT2D eigenvalue weighted by molar-refractivity contribution is -0.138. The van der Waals surface area contributed by atoms with Gasteiger partial charge in [0.15, 0.2) is 0 Å². The number of amides is 2. The highest BCUT2D eigenvalue weighted by atomic mass is 19.4. The Morgan fingerprint density at radius 1 is 1.16 bits per heavy atom. The standard InChI is InChI=1S/C22H30F3N3O3/c1-20(2,3)31-19(30)28-11-13-14(12-28)17(13)18(29)27-21(4,5)9-8-16-15(22(23,24)25)7-6-10-26-16/h6-7,10,13-14,17H,8-9,11-12H2,1-5H3,(H,27,29)/t13-,14+,17+. The monoisotopic (exact) mass is 441 g/mol. The number of aryl methyl sites for hydroxylation is 1. The molecule has 172 valence electrons. The van der Waals surface area contributed by atoms with Crippen LogP contribution in [0.15, 0.2) is 18.3 Å². The number of hydrogen-bond donors (Lipinski definition) is 1. The largest absolute Gasteiger partial charge is 0.444 e. The van der Waals surface area contributed by atoms with E-state index in [9.17, 15) is 22.8 Å². The SMILES string of the molecule is CC(C)(CCc1ncccc1C(F)(F)F)NC(=O)[C@H]1[C@@H]2CN(C(=O)OC(C)(C)C)C[C@@H]21. The molecule has 31 heavy (non-hydrogen) atoms. The van der Waals surface area contributed by atoms with E-state index in [0.29, 0.717) is 19.5 Å². The number of carbonyl (C=O) groups excluding carboxylic acids is 2. The molecule has 0 spiro atoms. The van der Waals surface area contributed by atoms with Crippen molar-refractivity contribution in [2.45, 2.75) is 64.8 Å². The summed E-state index contributed by atoms with van der Waals surface area (Å²) in [4.78, 5) is 30.4. The molecule has 1 saturated heterocycles. The second-order valence-electron chi connectivity index (χ2n) is 10.1. The van der Waals surface area contributed by atoms with Crippen molar-refractivity contribution in [1.82, 2.24) is 15.2 Å². The van der Waals surface area contributed by atoms with E-state index in [4.69, 9.17) is 4.74 Å². The fourth-order valence-corrected chi connectivity index (χ4v) is 4.20. The highest BCUT2D eigenvalue weighted by Crippen LogP contribution is 2.52. The zero-order valence-corrected chi connectivity index (χ0v) is 18.5. The van der Waals surface area contributed by atoms with Crippen LogP contribution < -0.4 is 5.32 Å². The van der Waals surface area contributed by atoms with Crippen molar-refractivity contribution in [3.8, 4) is 0 Å². The number of rotatable bonds is 5. The molecule has 2 amide bonds. The Balaban J connectivity index is 1.51. The summed E-state index contributed by atoms with van der Waals surface area (Å²) in [6, 6.07) is 2.29. The predicted octanol–water partition coefficient (Wildman–Crippen LogP) is 4.04. The van der Waals surface area contributed by atoms with Crippen molar-refractivity contribution in [3.05, 3.63) is 29.6 Å². The van der Waals surface area contributed by atoms with Gasteiger partial charge in [-0.05, 0) is 71.4 Å². The Morgan fingerprint density at radius 2 is 1.77 bits per heavy atom. The van der Waals surface area contributed by atoms with Crippen LogP contribution in [0.1, 0.15) is 52.3 Å². The molecule has 0 bridgehead atoms. The molecule has 1 aromatic heterocycles. The predicted molar refractivity (Wildman–Crippen MR) is 108 cm³/mol. The van der Waals surface area contributed by atoms with Crippen LogP contribution in [-0.4, -0.2) is 46.1 Å². The Kier molecular flexibility index (Phi) is 6.01. The summed E-state index contributed by atoms with van der Waals surface area (Å²) in [6.07, 6.45) is -3.05. The lowest BCUT2D eigenvalue weighted by Gasteiger charge is -2.28. The van der Waals surface area contributed by atoms with Crippen LogP contribution in [0.5, 0.6) is 0 Å². The number of halogens is 3. The minimum atomic E-state index is -4.46. The number of ether oxygens (including phenoxy) is 1. The maximum Gasteiger partial charge on any atom is 0.418 e. The molecule has 6 nitrogen and oxygen atoms in total. The van der Waals surface area contributed by atoms with Crippen LogP contribution in [-0.2, 0) is 22.1 Å². The number of nitrogens with zero attached hydrogens (tertiary/aromatic N) is 2. The quantitative estimate of drug-likeness (QED) is 0.749. The molecule has 2 aliphatic rings. The van der Waals surface area contributed by atoms with Gasteiger partial charge in [0.05, 0.1) is 11.3 Å². The van der Waals surface area contributed by atoms with E-state index in [-0.39, 0.29) is 41.9 Å². The minimum Gasteiger partial charge on any atom is -0.444 e. The van der Waals surface area contributed by atoms with Gasteiger partial charge in [0.2, 0.25) is 5.91 Å². The Hall–Kier alpha value is -2.32. The van der Waals surface area contributed by atoms with Gasteiger partial charge in [0.1, 0.15) is 5.60 Å². The molecule has 3 atom stereocenters. The van der Waals surface area contributed by atoms with Gasteiger partial charge in [-0.1, -0.05) is 0 Å². The van der Waals surface area contributed by atoms with Crippen molar-refractivity contribution < 1.29 is 27.5 Å². The molecule has 0 aromatic carbocycles. The van der Waals surface area contributed by atoms with E-state index in [0.717, 1.165) is 6.07 Å². The van der Waals surface area contributed by atoms with Gasteiger partial charge in [-0.2, -0.15) is 13.2 Å². The molecule has 1 saturated carbocycles. The van der Waals surface area contributed by atoms with Crippen molar-refractivity contribution in [2.24, 2.45) is 17.8 Å². The first kappa shape index (κ1) is 23.3. The van der Waals surface area contributed by atoms with Gasteiger partial charge in [-0.15, -0.1) is 0 Å². The third-order valence-electron chi connectivity index (χ3n) is 5.79. The Labute approximate surface area is 180 Å². The van der Waals surface area contributed by atoms with Crippen LogP contribution in [0.25, 0.3) is 0 Å². The van der Waals surface area contributed by atoms with Crippen molar-refractivity contribution in [1.29, 1.82) is 0 Å². The summed E-state index contributed by atoms with van der Waals surface area (Å²) in [6.45, 7) is 9.99. The zero-order valence-electron chi connectivity index (χ0n) is 18.5. The Bertz CT molecular complexity index is 836. The molecule has 2 fully saturated rings. The fraction of sp³-hybridized carbons (Fsp3) is 0.682. The molecule has 9 heteroatoms. The normalized spacial score (nSPS) is 23.4. The van der Waals surface area contributed by atoms with E-state index >= 15 is 0 Å². The average molecular weight is 441 g/mol. The van der Waals surface area contributed by atoms with Crippen LogP contribution >= 0.6 is 0 Å². The van der Waals surface area contributed by atoms with E-state index in [2.05, 4.69) is 10.3 Å². The van der Waals surface area contributed by atoms with Gasteiger partial charge in [-0.3, -0.25) is 9.78 Å². The van der Waals surface area contributed by atoms with E-state index < -0.39 is 22.9 Å². The van der Waals surface area contributed by atoms with E-state index in [1.165, 1.54) is 12.3 Å². The highest BCUT2D eigenvalue weighted by Gasteiger charge is 2.61. The number of carbonyl (C=O) groups is 2. The molecule has 3 rings (SSSR count). The summed E-state index contributed by atoms with van der Waals surface area (Å²) in [5.41, 5.74) is -2.01. The zero-order chi connectivity index (χ0) is 23.2. The summed E-state index contributed by atoms with van der Waals surface area (Å²) < 4.78 is 44.8. The smallest absolute Gasteiger partial charge is 0.418 e. The number of nitrogens with one attached hydrogen (secondary N) is 1. The lowest BCUT2D eigenvalue weighted by atomic mass is 9.95. The first-order chi connectivity index (χ1) is 14.2. The molecular weight excluding hydrogens is 411 g/mol. The molecule has 1 aliphatic heterocycles.